The molecule has 0 saturated heterocycles. The van der Waals surface area contributed by atoms with Gasteiger partial charge in [0.05, 0.1) is 17.6 Å². The molecule has 3 N–H and O–H groups in total. The van der Waals surface area contributed by atoms with Crippen LogP contribution in [-0.4, -0.2) is 33.7 Å². The van der Waals surface area contributed by atoms with E-state index in [2.05, 4.69) is 15.4 Å². The lowest BCUT2D eigenvalue weighted by molar-refractivity contribution is 0.0601. The first kappa shape index (κ1) is 20.7. The van der Waals surface area contributed by atoms with Crippen LogP contribution in [0.4, 0.5) is 10.7 Å². The van der Waals surface area contributed by atoms with Gasteiger partial charge in [0.15, 0.2) is 5.11 Å². The van der Waals surface area contributed by atoms with E-state index in [4.69, 9.17) is 17.0 Å². The van der Waals surface area contributed by atoms with Gasteiger partial charge in [-0.3, -0.25) is 0 Å². The van der Waals surface area contributed by atoms with E-state index in [1.54, 1.807) is 12.1 Å². The quantitative estimate of drug-likeness (QED) is 0.486. The van der Waals surface area contributed by atoms with Gasteiger partial charge in [-0.1, -0.05) is 0 Å². The number of thiophene rings is 1. The minimum Gasteiger partial charge on any atom is -0.465 e. The van der Waals surface area contributed by atoms with Crippen LogP contribution >= 0.6 is 23.6 Å². The van der Waals surface area contributed by atoms with Gasteiger partial charge in [-0.05, 0) is 74.8 Å². The normalized spacial score (nSPS) is 13.5. The zero-order valence-corrected chi connectivity index (χ0v) is 17.9. The van der Waals surface area contributed by atoms with E-state index in [1.165, 1.54) is 42.5 Å². The number of carbonyl (C=O) groups is 1. The maximum Gasteiger partial charge on any atom is 0.341 e. The van der Waals surface area contributed by atoms with Crippen LogP contribution in [0.15, 0.2) is 29.2 Å². The van der Waals surface area contributed by atoms with Crippen LogP contribution in [0.2, 0.25) is 0 Å². The summed E-state index contributed by atoms with van der Waals surface area (Å²) in [5.74, 6) is -0.369. The van der Waals surface area contributed by atoms with Crippen molar-refractivity contribution in [3.8, 4) is 0 Å². The molecule has 0 radical (unpaired) electrons. The van der Waals surface area contributed by atoms with Gasteiger partial charge in [-0.15, -0.1) is 11.3 Å². The molecular weight excluding hydrogens is 418 g/mol. The summed E-state index contributed by atoms with van der Waals surface area (Å²) in [5, 5.41) is 7.09. The van der Waals surface area contributed by atoms with Gasteiger partial charge >= 0.3 is 5.97 Å². The number of hydrogen-bond acceptors (Lipinski definition) is 6. The third kappa shape index (κ3) is 4.35. The molecule has 10 heteroatoms. The Hall–Kier alpha value is -2.01. The molecule has 1 aliphatic rings. The van der Waals surface area contributed by atoms with E-state index in [0.717, 1.165) is 31.2 Å². The SMILES string of the molecule is CNS(=O)(=O)c1ccc(NC(=S)Nc2sc3c(c2C(=O)OC)CCCC3)cc1. The second-order valence-electron chi connectivity index (χ2n) is 6.22. The topological polar surface area (TPSA) is 96.5 Å². The molecule has 0 aliphatic heterocycles. The van der Waals surface area contributed by atoms with Gasteiger partial charge in [-0.25, -0.2) is 17.9 Å². The van der Waals surface area contributed by atoms with Crippen molar-refractivity contribution in [3.63, 3.8) is 0 Å². The smallest absolute Gasteiger partial charge is 0.341 e. The predicted molar refractivity (Wildman–Crippen MR) is 115 cm³/mol. The molecule has 2 aromatic rings. The number of carbonyl (C=O) groups excluding carboxylic acids is 1. The van der Waals surface area contributed by atoms with Crippen LogP contribution in [0.1, 0.15) is 33.6 Å². The molecule has 7 nitrogen and oxygen atoms in total. The zero-order valence-electron chi connectivity index (χ0n) is 15.5. The van der Waals surface area contributed by atoms with Gasteiger partial charge in [0.1, 0.15) is 5.00 Å². The average Bonchev–Trinajstić information content (AvgIpc) is 3.05. The Morgan fingerprint density at radius 3 is 2.46 bits per heavy atom. The molecule has 1 aromatic carbocycles. The summed E-state index contributed by atoms with van der Waals surface area (Å²) in [5.41, 5.74) is 2.24. The van der Waals surface area contributed by atoms with Gasteiger partial charge in [-0.2, -0.15) is 0 Å². The molecule has 3 rings (SSSR count). The molecule has 0 spiro atoms. The number of fused-ring (bicyclic) bond motifs is 1. The summed E-state index contributed by atoms with van der Waals surface area (Å²) < 4.78 is 30.8. The number of ether oxygens (including phenoxy) is 1. The maximum atomic E-state index is 12.3. The molecular formula is C18H21N3O4S3. The molecule has 0 atom stereocenters. The van der Waals surface area contributed by atoms with E-state index in [1.807, 2.05) is 0 Å². The number of sulfonamides is 1. The minimum atomic E-state index is -3.49. The van der Waals surface area contributed by atoms with Gasteiger partial charge < -0.3 is 15.4 Å². The fourth-order valence-electron chi connectivity index (χ4n) is 3.07. The molecule has 1 aliphatic carbocycles. The van der Waals surface area contributed by atoms with Crippen molar-refractivity contribution in [2.75, 3.05) is 24.8 Å². The third-order valence-corrected chi connectivity index (χ3v) is 7.32. The van der Waals surface area contributed by atoms with Gasteiger partial charge in [0.2, 0.25) is 10.0 Å². The van der Waals surface area contributed by atoms with Gasteiger partial charge in [0, 0.05) is 10.6 Å². The Morgan fingerprint density at radius 1 is 1.14 bits per heavy atom. The van der Waals surface area contributed by atoms with Gasteiger partial charge in [0.25, 0.3) is 0 Å². The highest BCUT2D eigenvalue weighted by Gasteiger charge is 2.26. The molecule has 1 heterocycles. The standard InChI is InChI=1S/C18H21N3O4S3/c1-19-28(23,24)12-9-7-11(8-10-12)20-18(26)21-16-15(17(22)25-2)13-5-3-4-6-14(13)27-16/h7-10,19H,3-6H2,1-2H3,(H2,20,21,26). The lowest BCUT2D eigenvalue weighted by Gasteiger charge is -2.13. The summed E-state index contributed by atoms with van der Waals surface area (Å²) >= 11 is 6.90. The number of nitrogens with one attached hydrogen (secondary N) is 3. The molecule has 0 saturated carbocycles. The lowest BCUT2D eigenvalue weighted by Crippen LogP contribution is -2.21. The van der Waals surface area contributed by atoms with E-state index in [-0.39, 0.29) is 10.9 Å². The Bertz CT molecular complexity index is 998. The zero-order chi connectivity index (χ0) is 20.3. The molecule has 0 unspecified atom stereocenters. The second kappa shape index (κ2) is 8.56. The monoisotopic (exact) mass is 439 g/mol. The van der Waals surface area contributed by atoms with Crippen LogP contribution in [0.25, 0.3) is 0 Å². The summed E-state index contributed by atoms with van der Waals surface area (Å²) in [6, 6.07) is 6.22. The van der Waals surface area contributed by atoms with Crippen LogP contribution in [0.5, 0.6) is 0 Å². The van der Waals surface area contributed by atoms with Crippen molar-refractivity contribution in [1.29, 1.82) is 0 Å². The van der Waals surface area contributed by atoms with Crippen molar-refractivity contribution in [2.45, 2.75) is 30.6 Å². The number of aryl methyl sites for hydroxylation is 1. The number of benzene rings is 1. The van der Waals surface area contributed by atoms with Crippen LogP contribution < -0.4 is 15.4 Å². The maximum absolute atomic E-state index is 12.3. The summed E-state index contributed by atoms with van der Waals surface area (Å²) in [4.78, 5) is 13.6. The highest BCUT2D eigenvalue weighted by molar-refractivity contribution is 7.89. The third-order valence-electron chi connectivity index (χ3n) is 4.48. The van der Waals surface area contributed by atoms with Crippen molar-refractivity contribution >= 4 is 55.3 Å². The number of thiocarbonyl (C=S) groups is 1. The second-order valence-corrected chi connectivity index (χ2v) is 9.62. The predicted octanol–water partition coefficient (Wildman–Crippen LogP) is 3.13. The Balaban J connectivity index is 1.77. The first-order valence-electron chi connectivity index (χ1n) is 8.70. The van der Waals surface area contributed by atoms with Crippen molar-refractivity contribution in [2.24, 2.45) is 0 Å². The first-order chi connectivity index (χ1) is 13.4. The first-order valence-corrected chi connectivity index (χ1v) is 11.4. The number of anilines is 2. The fraction of sp³-hybridized carbons (Fsp3) is 0.333. The number of rotatable bonds is 5. The van der Waals surface area contributed by atoms with E-state index in [9.17, 15) is 13.2 Å². The Morgan fingerprint density at radius 2 is 1.82 bits per heavy atom. The van der Waals surface area contributed by atoms with Crippen LogP contribution in [0, 0.1) is 0 Å². The highest BCUT2D eigenvalue weighted by Crippen LogP contribution is 2.38. The number of esters is 1. The van der Waals surface area contributed by atoms with Crippen LogP contribution in [0.3, 0.4) is 0 Å². The Labute approximate surface area is 173 Å². The van der Waals surface area contributed by atoms with E-state index in [0.29, 0.717) is 21.4 Å². The molecule has 150 valence electrons. The summed E-state index contributed by atoms with van der Waals surface area (Å²) in [6.07, 6.45) is 3.97. The average molecular weight is 440 g/mol. The molecule has 0 amide bonds. The summed E-state index contributed by atoms with van der Waals surface area (Å²) in [6.45, 7) is 0. The summed E-state index contributed by atoms with van der Waals surface area (Å²) in [7, 11) is -0.755. The van der Waals surface area contributed by atoms with Crippen molar-refractivity contribution in [1.82, 2.24) is 4.72 Å². The van der Waals surface area contributed by atoms with Crippen molar-refractivity contribution < 1.29 is 17.9 Å². The Kier molecular flexibility index (Phi) is 6.33. The molecule has 28 heavy (non-hydrogen) atoms. The minimum absolute atomic E-state index is 0.165. The van der Waals surface area contributed by atoms with E-state index >= 15 is 0 Å². The largest absolute Gasteiger partial charge is 0.465 e. The number of hydrogen-bond donors (Lipinski definition) is 3. The molecule has 1 aromatic heterocycles. The van der Waals surface area contributed by atoms with Crippen molar-refractivity contribution in [3.05, 3.63) is 40.3 Å². The highest BCUT2D eigenvalue weighted by atomic mass is 32.2. The number of methoxy groups -OCH3 is 1. The van der Waals surface area contributed by atoms with Crippen LogP contribution in [-0.2, 0) is 27.6 Å². The molecule has 0 bridgehead atoms. The fourth-order valence-corrected chi connectivity index (χ4v) is 5.37. The molecule has 0 fully saturated rings. The lowest BCUT2D eigenvalue weighted by atomic mass is 9.95. The van der Waals surface area contributed by atoms with E-state index < -0.39 is 10.0 Å².